The Bertz CT molecular complexity index is 1700. The molecule has 1 atom stereocenters. The highest BCUT2D eigenvalue weighted by atomic mass is 16.2. The van der Waals surface area contributed by atoms with Gasteiger partial charge >= 0.3 is 0 Å². The maximum Gasteiger partial charge on any atom is 0.237 e. The van der Waals surface area contributed by atoms with E-state index in [1.54, 1.807) is 11.0 Å². The summed E-state index contributed by atoms with van der Waals surface area (Å²) in [6, 6.07) is 14.5. The Balaban J connectivity index is 0.943. The Morgan fingerprint density at radius 3 is 2.43 bits per heavy atom. The fourth-order valence-electron chi connectivity index (χ4n) is 7.88. The van der Waals surface area contributed by atoms with E-state index >= 15 is 0 Å². The van der Waals surface area contributed by atoms with Gasteiger partial charge in [-0.05, 0) is 94.5 Å². The first kappa shape index (κ1) is 31.4. The smallest absolute Gasteiger partial charge is 0.237 e. The average Bonchev–Trinajstić information content (AvgIpc) is 3.80. The number of aromatic nitrogens is 3. The first-order valence-electron chi connectivity index (χ1n) is 17.0. The molecular formula is C37H46N8O2. The number of benzene rings is 2. The average molecular weight is 635 g/mol. The van der Waals surface area contributed by atoms with Crippen molar-refractivity contribution in [3.63, 3.8) is 0 Å². The predicted octanol–water partition coefficient (Wildman–Crippen LogP) is 4.24. The number of amides is 2. The van der Waals surface area contributed by atoms with Crippen LogP contribution >= 0.6 is 0 Å². The second-order valence-corrected chi connectivity index (χ2v) is 14.1. The number of hydrogen-bond donors (Lipinski definition) is 1. The molecule has 3 fully saturated rings. The standard InChI is InChI=1S/C37H46N8O2/c1-26-4-9-31(22-32(26)34(38)29-10-16-41(2)17-11-29)45-21-15-37(36(45)47)14-20-43(24-37)23-33(46)44-18-12-28(13-19-44)27-5-7-30(8-6-27)35-39-25-42(3)40-35/h4-9,12,22,25,29,38H,10-11,13-21,23-24H2,1-3H3/t37-/m0/s1. The van der Waals surface area contributed by atoms with Gasteiger partial charge in [0, 0.05) is 61.7 Å². The molecule has 4 aliphatic heterocycles. The minimum atomic E-state index is -0.432. The van der Waals surface area contributed by atoms with E-state index < -0.39 is 5.41 Å². The summed E-state index contributed by atoms with van der Waals surface area (Å²) in [5.74, 6) is 1.29. The molecule has 0 radical (unpaired) electrons. The zero-order chi connectivity index (χ0) is 32.7. The van der Waals surface area contributed by atoms with E-state index in [4.69, 9.17) is 5.41 Å². The maximum atomic E-state index is 14.0. The molecule has 246 valence electrons. The van der Waals surface area contributed by atoms with E-state index in [0.717, 1.165) is 74.1 Å². The van der Waals surface area contributed by atoms with E-state index in [9.17, 15) is 9.59 Å². The number of piperidine rings is 1. The molecule has 47 heavy (non-hydrogen) atoms. The molecule has 0 bridgehead atoms. The summed E-state index contributed by atoms with van der Waals surface area (Å²) in [6.45, 7) is 7.84. The molecule has 4 aliphatic rings. The molecule has 1 spiro atoms. The summed E-state index contributed by atoms with van der Waals surface area (Å²) in [5, 5.41) is 13.4. The zero-order valence-electron chi connectivity index (χ0n) is 27.9. The summed E-state index contributed by atoms with van der Waals surface area (Å²) in [6.07, 6.45) is 8.29. The molecule has 10 nitrogen and oxygen atoms in total. The molecule has 0 aliphatic carbocycles. The number of carbonyl (C=O) groups is 2. The third kappa shape index (κ3) is 6.28. The number of anilines is 1. The van der Waals surface area contributed by atoms with Gasteiger partial charge in [-0.15, -0.1) is 0 Å². The van der Waals surface area contributed by atoms with Crippen LogP contribution < -0.4 is 4.90 Å². The van der Waals surface area contributed by atoms with Crippen LogP contribution in [0, 0.1) is 23.7 Å². The fraction of sp³-hybridized carbons (Fsp3) is 0.486. The second kappa shape index (κ2) is 12.8. The van der Waals surface area contributed by atoms with Gasteiger partial charge in [-0.25, -0.2) is 4.98 Å². The van der Waals surface area contributed by atoms with Crippen LogP contribution in [-0.2, 0) is 16.6 Å². The molecule has 10 heteroatoms. The SMILES string of the molecule is Cc1ccc(N2CC[C@]3(CCN(CC(=O)N4CC=C(c5ccc(-c6ncn(C)n6)cc5)CC4)C3)C2=O)cc1C(=N)C1CCN(C)CC1. The predicted molar refractivity (Wildman–Crippen MR) is 184 cm³/mol. The number of nitrogens with zero attached hydrogens (tertiary/aromatic N) is 7. The molecule has 5 heterocycles. The van der Waals surface area contributed by atoms with E-state index in [2.05, 4.69) is 76.3 Å². The van der Waals surface area contributed by atoms with Crippen molar-refractivity contribution in [2.24, 2.45) is 18.4 Å². The van der Waals surface area contributed by atoms with Gasteiger partial charge < -0.3 is 20.1 Å². The summed E-state index contributed by atoms with van der Waals surface area (Å²) >= 11 is 0. The van der Waals surface area contributed by atoms with Crippen LogP contribution in [-0.4, -0.2) is 106 Å². The third-order valence-corrected chi connectivity index (χ3v) is 10.9. The Kier molecular flexibility index (Phi) is 8.57. The lowest BCUT2D eigenvalue weighted by molar-refractivity contribution is -0.132. The van der Waals surface area contributed by atoms with Crippen molar-refractivity contribution in [2.75, 3.05) is 64.3 Å². The number of rotatable bonds is 7. The number of nitrogens with one attached hydrogen (secondary N) is 1. The van der Waals surface area contributed by atoms with Crippen LogP contribution in [0.25, 0.3) is 17.0 Å². The van der Waals surface area contributed by atoms with E-state index in [0.29, 0.717) is 44.3 Å². The zero-order valence-corrected chi connectivity index (χ0v) is 27.9. The lowest BCUT2D eigenvalue weighted by Crippen LogP contribution is -2.43. The minimum Gasteiger partial charge on any atom is -0.338 e. The first-order chi connectivity index (χ1) is 22.7. The van der Waals surface area contributed by atoms with Crippen LogP contribution in [0.3, 0.4) is 0 Å². The molecular weight excluding hydrogens is 588 g/mol. The Hall–Kier alpha value is -4.15. The Labute approximate surface area is 277 Å². The highest BCUT2D eigenvalue weighted by Gasteiger charge is 2.51. The first-order valence-corrected chi connectivity index (χ1v) is 17.0. The van der Waals surface area contributed by atoms with Crippen molar-refractivity contribution in [1.29, 1.82) is 5.41 Å². The van der Waals surface area contributed by atoms with Gasteiger partial charge in [-0.1, -0.05) is 36.4 Å². The highest BCUT2D eigenvalue weighted by molar-refractivity contribution is 6.04. The lowest BCUT2D eigenvalue weighted by atomic mass is 9.85. The van der Waals surface area contributed by atoms with Crippen molar-refractivity contribution >= 4 is 28.8 Å². The largest absolute Gasteiger partial charge is 0.338 e. The van der Waals surface area contributed by atoms with Gasteiger partial charge in [0.2, 0.25) is 11.8 Å². The number of carbonyl (C=O) groups excluding carboxylic acids is 2. The normalized spacial score (nSPS) is 22.8. The highest BCUT2D eigenvalue weighted by Crippen LogP contribution is 2.43. The van der Waals surface area contributed by atoms with Crippen molar-refractivity contribution < 1.29 is 9.59 Å². The summed E-state index contributed by atoms with van der Waals surface area (Å²) in [4.78, 5) is 40.1. The quantitative estimate of drug-likeness (QED) is 0.390. The monoisotopic (exact) mass is 634 g/mol. The lowest BCUT2D eigenvalue weighted by Gasteiger charge is -2.30. The van der Waals surface area contributed by atoms with Gasteiger partial charge in [0.15, 0.2) is 5.82 Å². The molecule has 1 aromatic heterocycles. The molecule has 0 unspecified atom stereocenters. The van der Waals surface area contributed by atoms with Crippen LogP contribution in [0.1, 0.15) is 48.8 Å². The van der Waals surface area contributed by atoms with Crippen molar-refractivity contribution in [3.8, 4) is 11.4 Å². The van der Waals surface area contributed by atoms with Crippen LogP contribution in [0.15, 0.2) is 54.9 Å². The van der Waals surface area contributed by atoms with Crippen molar-refractivity contribution in [1.82, 2.24) is 29.5 Å². The molecule has 0 saturated carbocycles. The minimum absolute atomic E-state index is 0.131. The molecule has 7 rings (SSSR count). The molecule has 3 saturated heterocycles. The molecule has 1 N–H and O–H groups in total. The summed E-state index contributed by atoms with van der Waals surface area (Å²) in [5.41, 5.74) is 6.66. The van der Waals surface area contributed by atoms with Crippen LogP contribution in [0.5, 0.6) is 0 Å². The Morgan fingerprint density at radius 1 is 0.979 bits per heavy atom. The summed E-state index contributed by atoms with van der Waals surface area (Å²) < 4.78 is 1.70. The number of likely N-dealkylation sites (tertiary alicyclic amines) is 2. The van der Waals surface area contributed by atoms with Crippen LogP contribution in [0.2, 0.25) is 0 Å². The van der Waals surface area contributed by atoms with Gasteiger partial charge in [-0.3, -0.25) is 19.2 Å². The molecule has 3 aromatic rings. The molecule has 2 aromatic carbocycles. The van der Waals surface area contributed by atoms with E-state index in [1.165, 1.54) is 11.1 Å². The van der Waals surface area contributed by atoms with Gasteiger partial charge in [-0.2, -0.15) is 5.10 Å². The Morgan fingerprint density at radius 2 is 1.72 bits per heavy atom. The van der Waals surface area contributed by atoms with E-state index in [1.807, 2.05) is 22.9 Å². The van der Waals surface area contributed by atoms with Gasteiger partial charge in [0.05, 0.1) is 12.0 Å². The second-order valence-electron chi connectivity index (χ2n) is 14.1. The number of aryl methyl sites for hydroxylation is 2. The fourth-order valence-corrected chi connectivity index (χ4v) is 7.88. The topological polar surface area (TPSA) is 102 Å². The van der Waals surface area contributed by atoms with Crippen LogP contribution in [0.4, 0.5) is 5.69 Å². The summed E-state index contributed by atoms with van der Waals surface area (Å²) in [7, 11) is 4.01. The molecule has 2 amide bonds. The maximum absolute atomic E-state index is 14.0. The van der Waals surface area contributed by atoms with Crippen molar-refractivity contribution in [2.45, 2.75) is 39.0 Å². The third-order valence-electron chi connectivity index (χ3n) is 10.9. The van der Waals surface area contributed by atoms with Crippen molar-refractivity contribution in [3.05, 3.63) is 71.6 Å². The van der Waals surface area contributed by atoms with E-state index in [-0.39, 0.29) is 17.7 Å². The van der Waals surface area contributed by atoms with Gasteiger partial charge in [0.25, 0.3) is 0 Å². The number of hydrogen-bond acceptors (Lipinski definition) is 7. The van der Waals surface area contributed by atoms with Gasteiger partial charge in [0.1, 0.15) is 6.33 Å².